The Morgan fingerprint density at radius 1 is 1.02 bits per heavy atom. The molecule has 3 aromatic rings. The minimum absolute atomic E-state index is 0.0653. The van der Waals surface area contributed by atoms with Gasteiger partial charge in [-0.25, -0.2) is 0 Å². The molecule has 0 aliphatic carbocycles. The van der Waals surface area contributed by atoms with Crippen LogP contribution in [0.15, 0.2) is 29.3 Å². The fourth-order valence-electron chi connectivity index (χ4n) is 4.93. The van der Waals surface area contributed by atoms with E-state index in [-0.39, 0.29) is 18.3 Å². The van der Waals surface area contributed by atoms with E-state index in [1.807, 2.05) is 52.0 Å². The Bertz CT molecular complexity index is 1420. The smallest absolute Gasteiger partial charge is 0.306 e. The predicted octanol–water partition coefficient (Wildman–Crippen LogP) is 6.99. The van der Waals surface area contributed by atoms with Gasteiger partial charge in [0.15, 0.2) is 5.82 Å². The summed E-state index contributed by atoms with van der Waals surface area (Å²) in [6.07, 6.45) is 5.30. The molecule has 0 spiro atoms. The normalized spacial score (nSPS) is 14.6. The third-order valence-electron chi connectivity index (χ3n) is 7.04. The van der Waals surface area contributed by atoms with Crippen LogP contribution in [0.25, 0.3) is 5.00 Å². The maximum atomic E-state index is 13.1. The van der Waals surface area contributed by atoms with Crippen molar-refractivity contribution >= 4 is 40.5 Å². The van der Waals surface area contributed by atoms with Crippen molar-refractivity contribution in [1.29, 1.82) is 0 Å². The molecule has 0 fully saturated rings. The van der Waals surface area contributed by atoms with Gasteiger partial charge in [0.1, 0.15) is 22.5 Å². The molecule has 2 aromatic heterocycles. The van der Waals surface area contributed by atoms with Crippen LogP contribution >= 0.6 is 22.9 Å². The van der Waals surface area contributed by atoms with Crippen LogP contribution < -0.4 is 5.32 Å². The highest BCUT2D eigenvalue weighted by molar-refractivity contribution is 7.15. The number of amides is 1. The van der Waals surface area contributed by atoms with Gasteiger partial charge in [0.05, 0.1) is 12.1 Å². The molecule has 0 unspecified atom stereocenters. The first kappa shape index (κ1) is 30.9. The van der Waals surface area contributed by atoms with Gasteiger partial charge in [-0.2, -0.15) is 0 Å². The molecule has 1 aromatic carbocycles. The molecule has 1 amide bonds. The Kier molecular flexibility index (Phi) is 10.0. The van der Waals surface area contributed by atoms with Crippen LogP contribution in [0.2, 0.25) is 5.02 Å². The lowest BCUT2D eigenvalue weighted by Gasteiger charge is -2.19. The van der Waals surface area contributed by atoms with E-state index < -0.39 is 11.6 Å². The van der Waals surface area contributed by atoms with Crippen molar-refractivity contribution in [1.82, 2.24) is 20.1 Å². The van der Waals surface area contributed by atoms with Crippen LogP contribution in [-0.2, 0) is 14.3 Å². The number of carbonyl (C=O) groups is 2. The Balaban J connectivity index is 1.39. The number of thiophene rings is 1. The van der Waals surface area contributed by atoms with E-state index in [2.05, 4.69) is 33.9 Å². The average molecular weight is 598 g/mol. The number of aromatic nitrogens is 3. The van der Waals surface area contributed by atoms with Crippen molar-refractivity contribution in [2.24, 2.45) is 4.99 Å². The van der Waals surface area contributed by atoms with Crippen molar-refractivity contribution in [3.05, 3.63) is 62.5 Å². The van der Waals surface area contributed by atoms with Gasteiger partial charge in [-0.05, 0) is 72.1 Å². The van der Waals surface area contributed by atoms with Gasteiger partial charge in [0.2, 0.25) is 5.91 Å². The second-order valence-electron chi connectivity index (χ2n) is 11.6. The first-order chi connectivity index (χ1) is 19.4. The highest BCUT2D eigenvalue weighted by Crippen LogP contribution is 2.39. The lowest BCUT2D eigenvalue weighted by atomic mass is 9.99. The second-order valence-corrected chi connectivity index (χ2v) is 13.2. The zero-order valence-corrected chi connectivity index (χ0v) is 26.4. The number of hydrogen-bond acceptors (Lipinski definition) is 7. The first-order valence-electron chi connectivity index (χ1n) is 14.3. The fraction of sp³-hybridized carbons (Fsp3) is 0.516. The Morgan fingerprint density at radius 2 is 1.71 bits per heavy atom. The molecule has 0 bridgehead atoms. The Labute approximate surface area is 251 Å². The average Bonchev–Trinajstić information content (AvgIpc) is 3.37. The molecular formula is C31H40ClN5O3S. The molecule has 0 saturated carbocycles. The van der Waals surface area contributed by atoms with Crippen LogP contribution in [0.4, 0.5) is 0 Å². The third-order valence-corrected chi connectivity index (χ3v) is 8.48. The maximum Gasteiger partial charge on any atom is 0.306 e. The summed E-state index contributed by atoms with van der Waals surface area (Å²) in [5.41, 5.74) is 3.56. The molecule has 220 valence electrons. The summed E-state index contributed by atoms with van der Waals surface area (Å²) >= 11 is 7.88. The van der Waals surface area contributed by atoms with Crippen molar-refractivity contribution in [3.8, 4) is 5.00 Å². The molecule has 41 heavy (non-hydrogen) atoms. The van der Waals surface area contributed by atoms with Gasteiger partial charge in [-0.15, -0.1) is 21.5 Å². The number of carbonyl (C=O) groups excluding carboxylic acids is 2. The lowest BCUT2D eigenvalue weighted by Crippen LogP contribution is -2.26. The van der Waals surface area contributed by atoms with E-state index in [1.165, 1.54) is 4.88 Å². The summed E-state index contributed by atoms with van der Waals surface area (Å²) in [5, 5.41) is 13.6. The molecule has 0 saturated heterocycles. The number of nitrogens with zero attached hydrogens (tertiary/aromatic N) is 4. The molecule has 1 aliphatic rings. The van der Waals surface area contributed by atoms with Crippen LogP contribution in [0.1, 0.15) is 105 Å². The summed E-state index contributed by atoms with van der Waals surface area (Å²) in [5.74, 6) is 1.24. The van der Waals surface area contributed by atoms with Gasteiger partial charge >= 0.3 is 5.97 Å². The van der Waals surface area contributed by atoms with E-state index >= 15 is 0 Å². The number of benzene rings is 1. The number of nitrogens with one attached hydrogen (secondary N) is 1. The van der Waals surface area contributed by atoms with Crippen LogP contribution in [0.5, 0.6) is 0 Å². The minimum Gasteiger partial charge on any atom is -0.460 e. The highest BCUT2D eigenvalue weighted by atomic mass is 35.5. The number of aryl methyl sites for hydroxylation is 2. The minimum atomic E-state index is -0.478. The predicted molar refractivity (Wildman–Crippen MR) is 164 cm³/mol. The number of ether oxygens (including phenoxy) is 1. The number of hydrogen-bond donors (Lipinski definition) is 1. The summed E-state index contributed by atoms with van der Waals surface area (Å²) < 4.78 is 7.41. The van der Waals surface area contributed by atoms with E-state index in [0.29, 0.717) is 23.8 Å². The number of fused-ring (bicyclic) bond motifs is 3. The number of aliphatic imine (C=N–C) groups is 1. The molecule has 0 radical (unpaired) electrons. The van der Waals surface area contributed by atoms with Gasteiger partial charge in [0.25, 0.3) is 0 Å². The third kappa shape index (κ3) is 7.83. The first-order valence-corrected chi connectivity index (χ1v) is 15.5. The van der Waals surface area contributed by atoms with Crippen molar-refractivity contribution in [2.45, 2.75) is 98.1 Å². The number of unbranched alkanes of at least 4 members (excludes halogenated alkanes) is 4. The molecule has 1 N–H and O–H groups in total. The zero-order valence-electron chi connectivity index (χ0n) is 24.8. The summed E-state index contributed by atoms with van der Waals surface area (Å²) in [6.45, 7) is 12.4. The van der Waals surface area contributed by atoms with Crippen molar-refractivity contribution in [2.75, 3.05) is 6.54 Å². The molecule has 10 heteroatoms. The summed E-state index contributed by atoms with van der Waals surface area (Å²) in [6, 6.07) is 7.20. The van der Waals surface area contributed by atoms with Gasteiger partial charge in [-0.1, -0.05) is 43.0 Å². The SMILES string of the molecule is Cc1sc2c(c1C)C(c1ccc(Cl)cc1)=N[C@@H](CC(=O)NCCCCCCCC(=O)OC(C)(C)C)c1nnc(C)n1-2. The second kappa shape index (κ2) is 13.3. The molecular weight excluding hydrogens is 558 g/mol. The van der Waals surface area contributed by atoms with Gasteiger partial charge in [0, 0.05) is 34.0 Å². The standard InChI is InChI=1S/C31H40ClN5O3S/c1-19-20(2)41-30-27(19)28(22-13-15-23(32)16-14-22)34-24(29-36-35-21(3)37(29)30)18-25(38)33-17-11-9-7-8-10-12-26(39)40-31(4,5)6/h13-16,24H,7-12,17-18H2,1-6H3,(H,33,38)/t24-/m0/s1. The van der Waals surface area contributed by atoms with Crippen molar-refractivity contribution in [3.63, 3.8) is 0 Å². The molecule has 1 aliphatic heterocycles. The van der Waals surface area contributed by atoms with E-state index in [4.69, 9.17) is 21.3 Å². The van der Waals surface area contributed by atoms with Gasteiger partial charge in [-0.3, -0.25) is 19.1 Å². The quantitative estimate of drug-likeness (QED) is 0.190. The number of esters is 1. The lowest BCUT2D eigenvalue weighted by molar-refractivity contribution is -0.154. The topological polar surface area (TPSA) is 98.5 Å². The monoisotopic (exact) mass is 597 g/mol. The fourth-order valence-corrected chi connectivity index (χ4v) is 6.27. The van der Waals surface area contributed by atoms with Gasteiger partial charge < -0.3 is 10.1 Å². The molecule has 1 atom stereocenters. The number of halogens is 1. The highest BCUT2D eigenvalue weighted by Gasteiger charge is 2.32. The summed E-state index contributed by atoms with van der Waals surface area (Å²) in [4.78, 5) is 31.3. The van der Waals surface area contributed by atoms with E-state index in [1.54, 1.807) is 11.3 Å². The molecule has 3 heterocycles. The van der Waals surface area contributed by atoms with Crippen molar-refractivity contribution < 1.29 is 14.3 Å². The molecule has 8 nitrogen and oxygen atoms in total. The number of rotatable bonds is 11. The Morgan fingerprint density at radius 3 is 2.41 bits per heavy atom. The van der Waals surface area contributed by atoms with E-state index in [9.17, 15) is 9.59 Å². The van der Waals surface area contributed by atoms with E-state index in [0.717, 1.165) is 65.3 Å². The van der Waals surface area contributed by atoms with Crippen LogP contribution in [-0.4, -0.2) is 44.5 Å². The molecule has 4 rings (SSSR count). The summed E-state index contributed by atoms with van der Waals surface area (Å²) in [7, 11) is 0. The van der Waals surface area contributed by atoms with Crippen LogP contribution in [0, 0.1) is 20.8 Å². The Hall–Kier alpha value is -3.04. The maximum absolute atomic E-state index is 13.1. The van der Waals surface area contributed by atoms with Crippen LogP contribution in [0.3, 0.4) is 0 Å². The zero-order chi connectivity index (χ0) is 29.7. The largest absolute Gasteiger partial charge is 0.460 e.